The Morgan fingerprint density at radius 3 is 2.52 bits per heavy atom. The van der Waals surface area contributed by atoms with E-state index < -0.39 is 17.5 Å². The van der Waals surface area contributed by atoms with Crippen LogP contribution in [0.1, 0.15) is 25.3 Å². The number of esters is 1. The molecule has 0 bridgehead atoms. The number of para-hydroxylation sites is 2. The highest BCUT2D eigenvalue weighted by atomic mass is 16.5. The highest BCUT2D eigenvalue weighted by molar-refractivity contribution is 6.13. The Balaban J connectivity index is 1.78. The first-order valence-corrected chi connectivity index (χ1v) is 9.68. The first-order chi connectivity index (χ1) is 14.0. The molecule has 1 N–H and O–H groups in total. The second-order valence-electron chi connectivity index (χ2n) is 6.81. The van der Waals surface area contributed by atoms with Gasteiger partial charge in [0.1, 0.15) is 12.4 Å². The average Bonchev–Trinajstić information content (AvgIpc) is 2.97. The number of fused-ring (bicyclic) bond motifs is 1. The molecule has 0 radical (unpaired) electrons. The number of ether oxygens (including phenoxy) is 2. The van der Waals surface area contributed by atoms with Crippen LogP contribution in [0.2, 0.25) is 0 Å². The molecule has 1 aliphatic heterocycles. The maximum atomic E-state index is 13.2. The lowest BCUT2D eigenvalue weighted by Gasteiger charge is -2.24. The standard InChI is InChI=1S/C23H25NO5/c1-3-4-15-29-21(25)17(2)23(27)19-12-8-9-13-20(19)24(22(23)26)14-16-28-18-10-6-5-7-11-18/h5-13,27H,2-4,14-16H2,1H3. The first-order valence-electron chi connectivity index (χ1n) is 9.68. The Labute approximate surface area is 170 Å². The molecule has 1 unspecified atom stereocenters. The maximum absolute atomic E-state index is 13.2. The van der Waals surface area contributed by atoms with Crippen molar-refractivity contribution < 1.29 is 24.2 Å². The van der Waals surface area contributed by atoms with Gasteiger partial charge in [0, 0.05) is 5.56 Å². The molecule has 29 heavy (non-hydrogen) atoms. The van der Waals surface area contributed by atoms with Crippen molar-refractivity contribution >= 4 is 17.6 Å². The molecule has 2 aromatic carbocycles. The first kappa shape index (κ1) is 20.6. The molecule has 6 nitrogen and oxygen atoms in total. The van der Waals surface area contributed by atoms with Crippen LogP contribution in [-0.2, 0) is 19.9 Å². The summed E-state index contributed by atoms with van der Waals surface area (Å²) < 4.78 is 10.8. The highest BCUT2D eigenvalue weighted by Gasteiger charge is 2.53. The summed E-state index contributed by atoms with van der Waals surface area (Å²) in [7, 11) is 0. The lowest BCUT2D eigenvalue weighted by atomic mass is 9.88. The van der Waals surface area contributed by atoms with E-state index in [1.165, 1.54) is 4.90 Å². The topological polar surface area (TPSA) is 76.1 Å². The number of rotatable bonds is 9. The number of carbonyl (C=O) groups excluding carboxylic acids is 2. The minimum Gasteiger partial charge on any atom is -0.492 e. The van der Waals surface area contributed by atoms with Crippen molar-refractivity contribution in [2.45, 2.75) is 25.4 Å². The van der Waals surface area contributed by atoms with E-state index in [0.717, 1.165) is 6.42 Å². The number of anilines is 1. The van der Waals surface area contributed by atoms with Crippen molar-refractivity contribution in [3.8, 4) is 5.75 Å². The zero-order valence-electron chi connectivity index (χ0n) is 16.5. The van der Waals surface area contributed by atoms with Crippen molar-refractivity contribution in [2.24, 2.45) is 0 Å². The van der Waals surface area contributed by atoms with E-state index in [4.69, 9.17) is 9.47 Å². The quantitative estimate of drug-likeness (QED) is 0.401. The van der Waals surface area contributed by atoms with Gasteiger partial charge in [-0.3, -0.25) is 4.79 Å². The zero-order valence-corrected chi connectivity index (χ0v) is 16.5. The summed E-state index contributed by atoms with van der Waals surface area (Å²) in [5.74, 6) is -0.717. The zero-order chi connectivity index (χ0) is 20.9. The Kier molecular flexibility index (Phi) is 6.34. The van der Waals surface area contributed by atoms with Gasteiger partial charge in [0.15, 0.2) is 0 Å². The molecule has 0 aromatic heterocycles. The molecule has 0 fully saturated rings. The van der Waals surface area contributed by atoms with Gasteiger partial charge in [0.25, 0.3) is 5.91 Å². The van der Waals surface area contributed by atoms with E-state index in [1.54, 1.807) is 24.3 Å². The molecule has 1 heterocycles. The predicted octanol–water partition coefficient (Wildman–Crippen LogP) is 3.20. The molecule has 6 heteroatoms. The fourth-order valence-corrected chi connectivity index (χ4v) is 3.26. The van der Waals surface area contributed by atoms with Crippen LogP contribution < -0.4 is 9.64 Å². The summed E-state index contributed by atoms with van der Waals surface area (Å²) in [6.45, 7) is 6.33. The van der Waals surface area contributed by atoms with Crippen LogP contribution in [0.25, 0.3) is 0 Å². The predicted molar refractivity (Wildman–Crippen MR) is 110 cm³/mol. The van der Waals surface area contributed by atoms with E-state index in [9.17, 15) is 14.7 Å². The maximum Gasteiger partial charge on any atom is 0.337 e. The minimum atomic E-state index is -2.15. The van der Waals surface area contributed by atoms with Crippen molar-refractivity contribution in [3.63, 3.8) is 0 Å². The smallest absolute Gasteiger partial charge is 0.337 e. The monoisotopic (exact) mass is 395 g/mol. The third-order valence-electron chi connectivity index (χ3n) is 4.88. The molecule has 0 saturated heterocycles. The number of aliphatic hydroxyl groups is 1. The second-order valence-corrected chi connectivity index (χ2v) is 6.81. The lowest BCUT2D eigenvalue weighted by Crippen LogP contribution is -2.44. The number of amides is 1. The van der Waals surface area contributed by atoms with Gasteiger partial charge >= 0.3 is 5.97 Å². The molecule has 3 rings (SSSR count). The van der Waals surface area contributed by atoms with Crippen molar-refractivity contribution in [3.05, 3.63) is 72.3 Å². The Bertz CT molecular complexity index is 895. The van der Waals surface area contributed by atoms with Gasteiger partial charge in [0.2, 0.25) is 5.60 Å². The third-order valence-corrected chi connectivity index (χ3v) is 4.88. The SMILES string of the molecule is C=C(C(=O)OCCCC)C1(O)C(=O)N(CCOc2ccccc2)c2ccccc21. The van der Waals surface area contributed by atoms with Gasteiger partial charge in [-0.25, -0.2) is 4.79 Å². The van der Waals surface area contributed by atoms with E-state index >= 15 is 0 Å². The molecule has 0 aliphatic carbocycles. The van der Waals surface area contributed by atoms with Gasteiger partial charge in [-0.2, -0.15) is 0 Å². The van der Waals surface area contributed by atoms with Crippen LogP contribution in [0.5, 0.6) is 5.75 Å². The fourth-order valence-electron chi connectivity index (χ4n) is 3.26. The average molecular weight is 395 g/mol. The molecule has 1 aliphatic rings. The minimum absolute atomic E-state index is 0.214. The van der Waals surface area contributed by atoms with Gasteiger partial charge in [-0.1, -0.05) is 56.3 Å². The molecule has 1 atom stereocenters. The number of benzene rings is 2. The van der Waals surface area contributed by atoms with Gasteiger partial charge < -0.3 is 19.5 Å². The van der Waals surface area contributed by atoms with Crippen LogP contribution in [0.3, 0.4) is 0 Å². The largest absolute Gasteiger partial charge is 0.492 e. The van der Waals surface area contributed by atoms with E-state index in [-0.39, 0.29) is 25.3 Å². The van der Waals surface area contributed by atoms with Crippen LogP contribution in [0.15, 0.2) is 66.7 Å². The lowest BCUT2D eigenvalue weighted by molar-refractivity contribution is -0.146. The summed E-state index contributed by atoms with van der Waals surface area (Å²) in [4.78, 5) is 27.0. The molecular formula is C23H25NO5. The summed E-state index contributed by atoms with van der Waals surface area (Å²) >= 11 is 0. The van der Waals surface area contributed by atoms with E-state index in [1.807, 2.05) is 37.3 Å². The van der Waals surface area contributed by atoms with E-state index in [2.05, 4.69) is 6.58 Å². The Hall–Kier alpha value is -3.12. The number of carbonyl (C=O) groups is 2. The van der Waals surface area contributed by atoms with E-state index in [0.29, 0.717) is 23.4 Å². The number of unbranched alkanes of at least 4 members (excludes halogenated alkanes) is 1. The van der Waals surface area contributed by atoms with Gasteiger partial charge in [-0.15, -0.1) is 0 Å². The molecular weight excluding hydrogens is 370 g/mol. The molecule has 152 valence electrons. The van der Waals surface area contributed by atoms with Crippen LogP contribution in [0.4, 0.5) is 5.69 Å². The number of hydrogen-bond acceptors (Lipinski definition) is 5. The van der Waals surface area contributed by atoms with Crippen LogP contribution in [0, 0.1) is 0 Å². The van der Waals surface area contributed by atoms with Crippen LogP contribution in [-0.4, -0.2) is 36.7 Å². The number of nitrogens with zero attached hydrogens (tertiary/aromatic N) is 1. The highest BCUT2D eigenvalue weighted by Crippen LogP contribution is 2.44. The fraction of sp³-hybridized carbons (Fsp3) is 0.304. The summed E-state index contributed by atoms with van der Waals surface area (Å²) in [6, 6.07) is 16.1. The summed E-state index contributed by atoms with van der Waals surface area (Å²) in [5, 5.41) is 11.3. The molecule has 0 saturated carbocycles. The van der Waals surface area contributed by atoms with Gasteiger partial charge in [-0.05, 0) is 24.6 Å². The molecule has 2 aromatic rings. The normalized spacial score (nSPS) is 17.7. The Morgan fingerprint density at radius 1 is 1.10 bits per heavy atom. The van der Waals surface area contributed by atoms with Gasteiger partial charge in [0.05, 0.1) is 24.4 Å². The second kappa shape index (κ2) is 8.92. The third kappa shape index (κ3) is 4.03. The number of hydrogen-bond donors (Lipinski definition) is 1. The van der Waals surface area contributed by atoms with Crippen molar-refractivity contribution in [1.82, 2.24) is 0 Å². The summed E-state index contributed by atoms with van der Waals surface area (Å²) in [5.41, 5.74) is -1.58. The van der Waals surface area contributed by atoms with Crippen LogP contribution >= 0.6 is 0 Å². The molecule has 0 spiro atoms. The van der Waals surface area contributed by atoms with Crippen molar-refractivity contribution in [2.75, 3.05) is 24.7 Å². The summed E-state index contributed by atoms with van der Waals surface area (Å²) in [6.07, 6.45) is 1.56. The Morgan fingerprint density at radius 2 is 1.79 bits per heavy atom. The van der Waals surface area contributed by atoms with Crippen molar-refractivity contribution in [1.29, 1.82) is 0 Å². The molecule has 1 amide bonds.